The molecule has 1 atom stereocenters. The van der Waals surface area contributed by atoms with Crippen LogP contribution in [-0.4, -0.2) is 59.9 Å². The summed E-state index contributed by atoms with van der Waals surface area (Å²) in [7, 11) is 0. The van der Waals surface area contributed by atoms with Gasteiger partial charge < -0.3 is 20.4 Å². The second-order valence-corrected chi connectivity index (χ2v) is 10.0. The normalized spacial score (nSPS) is 19.3. The monoisotopic (exact) mass is 442 g/mol. The number of carbonyl (C=O) groups excluding carboxylic acids is 3. The van der Waals surface area contributed by atoms with Crippen LogP contribution in [0.5, 0.6) is 0 Å². The van der Waals surface area contributed by atoms with Crippen LogP contribution in [0.25, 0.3) is 0 Å². The Bertz CT molecular complexity index is 782. The molecule has 0 radical (unpaired) electrons. The van der Waals surface area contributed by atoms with Gasteiger partial charge in [0.05, 0.1) is 6.04 Å². The lowest BCUT2D eigenvalue weighted by Gasteiger charge is -2.36. The average molecular weight is 443 g/mol. The molecule has 2 heterocycles. The molecular weight excluding hydrogens is 404 g/mol. The Hall–Kier alpha value is -2.57. The van der Waals surface area contributed by atoms with Crippen LogP contribution in [-0.2, 0) is 9.59 Å². The third-order valence-electron chi connectivity index (χ3n) is 6.34. The molecule has 0 unspecified atom stereocenters. The van der Waals surface area contributed by atoms with Gasteiger partial charge in [0.15, 0.2) is 0 Å². The first-order valence-electron chi connectivity index (χ1n) is 11.9. The number of amides is 4. The molecule has 2 aliphatic heterocycles. The summed E-state index contributed by atoms with van der Waals surface area (Å²) in [4.78, 5) is 41.6. The van der Waals surface area contributed by atoms with E-state index in [-0.39, 0.29) is 35.3 Å². The second kappa shape index (κ2) is 10.8. The minimum absolute atomic E-state index is 0.0373. The topological polar surface area (TPSA) is 81.8 Å². The number of rotatable bonds is 5. The first-order valence-corrected chi connectivity index (χ1v) is 11.9. The van der Waals surface area contributed by atoms with Crippen molar-refractivity contribution in [2.75, 3.05) is 26.2 Å². The highest BCUT2D eigenvalue weighted by Crippen LogP contribution is 2.22. The van der Waals surface area contributed by atoms with Gasteiger partial charge in [-0.25, -0.2) is 4.79 Å². The lowest BCUT2D eigenvalue weighted by atomic mass is 9.93. The molecule has 3 rings (SSSR count). The predicted octanol–water partition coefficient (Wildman–Crippen LogP) is 3.47. The van der Waals surface area contributed by atoms with Gasteiger partial charge in [-0.15, -0.1) is 0 Å². The van der Waals surface area contributed by atoms with Crippen LogP contribution >= 0.6 is 0 Å². The number of likely N-dealkylation sites (tertiary alicyclic amines) is 2. The van der Waals surface area contributed by atoms with Gasteiger partial charge in [0.25, 0.3) is 0 Å². The minimum atomic E-state index is -0.384. The van der Waals surface area contributed by atoms with E-state index in [4.69, 9.17) is 0 Å². The molecule has 2 saturated heterocycles. The molecule has 0 aromatic heterocycles. The Morgan fingerprint density at radius 2 is 1.72 bits per heavy atom. The number of nitrogens with one attached hydrogen (secondary N) is 2. The number of piperidine rings is 1. The summed E-state index contributed by atoms with van der Waals surface area (Å²) in [6.07, 6.45) is 5.09. The Morgan fingerprint density at radius 1 is 1.03 bits per heavy atom. The van der Waals surface area contributed by atoms with E-state index in [0.717, 1.165) is 44.2 Å². The molecule has 176 valence electrons. The fourth-order valence-electron chi connectivity index (χ4n) is 4.46. The van der Waals surface area contributed by atoms with E-state index in [1.165, 1.54) is 0 Å². The molecular formula is C25H38N4O3. The minimum Gasteiger partial charge on any atom is -0.342 e. The van der Waals surface area contributed by atoms with Crippen molar-refractivity contribution in [2.45, 2.75) is 71.4 Å². The van der Waals surface area contributed by atoms with Crippen LogP contribution in [0, 0.1) is 5.41 Å². The zero-order valence-electron chi connectivity index (χ0n) is 19.7. The molecule has 2 fully saturated rings. The van der Waals surface area contributed by atoms with Gasteiger partial charge in [-0.3, -0.25) is 9.59 Å². The first kappa shape index (κ1) is 24.1. The van der Waals surface area contributed by atoms with Crippen molar-refractivity contribution in [1.29, 1.82) is 0 Å². The fraction of sp³-hybridized carbons (Fsp3) is 0.640. The number of benzene rings is 1. The molecule has 7 nitrogen and oxygen atoms in total. The molecule has 2 N–H and O–H groups in total. The van der Waals surface area contributed by atoms with Crippen molar-refractivity contribution in [2.24, 2.45) is 5.41 Å². The lowest BCUT2D eigenvalue weighted by molar-refractivity contribution is -0.140. The van der Waals surface area contributed by atoms with E-state index >= 15 is 0 Å². The second-order valence-electron chi connectivity index (χ2n) is 10.0. The van der Waals surface area contributed by atoms with Gasteiger partial charge in [-0.2, -0.15) is 0 Å². The van der Waals surface area contributed by atoms with E-state index in [9.17, 15) is 14.4 Å². The smallest absolute Gasteiger partial charge is 0.315 e. The van der Waals surface area contributed by atoms with E-state index in [2.05, 4.69) is 10.6 Å². The zero-order chi connectivity index (χ0) is 23.1. The summed E-state index contributed by atoms with van der Waals surface area (Å²) in [6, 6.07) is 9.39. The van der Waals surface area contributed by atoms with Crippen LogP contribution in [0.15, 0.2) is 30.3 Å². The fourth-order valence-corrected chi connectivity index (χ4v) is 4.46. The maximum Gasteiger partial charge on any atom is 0.315 e. The molecule has 0 spiro atoms. The largest absolute Gasteiger partial charge is 0.342 e. The maximum absolute atomic E-state index is 12.9. The molecule has 1 aromatic carbocycles. The Labute approximate surface area is 191 Å². The SMILES string of the molecule is CC(C)(C)C(=O)N1CCC(NC(=O)N[C@H](CN2CCCCCC2=O)c2ccccc2)CC1. The van der Waals surface area contributed by atoms with Crippen LogP contribution in [0.1, 0.15) is 70.9 Å². The van der Waals surface area contributed by atoms with E-state index in [1.807, 2.05) is 60.9 Å². The number of carbonyl (C=O) groups is 3. The van der Waals surface area contributed by atoms with Gasteiger partial charge in [0, 0.05) is 44.1 Å². The lowest BCUT2D eigenvalue weighted by Crippen LogP contribution is -2.52. The summed E-state index contributed by atoms with van der Waals surface area (Å²) in [5.41, 5.74) is 0.607. The van der Waals surface area contributed by atoms with Crippen LogP contribution < -0.4 is 10.6 Å². The Morgan fingerprint density at radius 3 is 2.38 bits per heavy atom. The Balaban J connectivity index is 1.57. The molecule has 0 saturated carbocycles. The zero-order valence-corrected chi connectivity index (χ0v) is 19.7. The average Bonchev–Trinajstić information content (AvgIpc) is 2.97. The van der Waals surface area contributed by atoms with Crippen molar-refractivity contribution >= 4 is 17.8 Å². The van der Waals surface area contributed by atoms with Crippen LogP contribution in [0.2, 0.25) is 0 Å². The summed E-state index contributed by atoms with van der Waals surface area (Å²) >= 11 is 0. The van der Waals surface area contributed by atoms with Gasteiger partial charge in [-0.1, -0.05) is 57.5 Å². The van der Waals surface area contributed by atoms with Crippen molar-refractivity contribution in [3.8, 4) is 0 Å². The predicted molar refractivity (Wildman–Crippen MR) is 125 cm³/mol. The van der Waals surface area contributed by atoms with Crippen LogP contribution in [0.3, 0.4) is 0 Å². The van der Waals surface area contributed by atoms with E-state index < -0.39 is 0 Å². The van der Waals surface area contributed by atoms with Gasteiger partial charge >= 0.3 is 6.03 Å². The molecule has 7 heteroatoms. The molecule has 4 amide bonds. The quantitative estimate of drug-likeness (QED) is 0.733. The number of urea groups is 1. The standard InChI is InChI=1S/C25H38N4O3/c1-25(2,3)23(31)28-16-13-20(14-17-28)26-24(32)27-21(19-10-6-4-7-11-19)18-29-15-9-5-8-12-22(29)30/h4,6-7,10-11,20-21H,5,8-9,12-18H2,1-3H3,(H2,26,27,32)/t21-/m1/s1. The number of hydrogen-bond donors (Lipinski definition) is 2. The van der Waals surface area contributed by atoms with Crippen molar-refractivity contribution in [3.05, 3.63) is 35.9 Å². The molecule has 0 aliphatic carbocycles. The van der Waals surface area contributed by atoms with E-state index in [0.29, 0.717) is 26.1 Å². The number of hydrogen-bond acceptors (Lipinski definition) is 3. The summed E-state index contributed by atoms with van der Waals surface area (Å²) in [5.74, 6) is 0.327. The van der Waals surface area contributed by atoms with E-state index in [1.54, 1.807) is 0 Å². The molecule has 1 aromatic rings. The molecule has 32 heavy (non-hydrogen) atoms. The maximum atomic E-state index is 12.9. The molecule has 2 aliphatic rings. The first-order chi connectivity index (χ1) is 15.2. The summed E-state index contributed by atoms with van der Waals surface area (Å²) in [6.45, 7) is 8.35. The van der Waals surface area contributed by atoms with Crippen molar-refractivity contribution in [3.63, 3.8) is 0 Å². The molecule has 0 bridgehead atoms. The van der Waals surface area contributed by atoms with Crippen LogP contribution in [0.4, 0.5) is 4.79 Å². The third kappa shape index (κ3) is 6.71. The highest BCUT2D eigenvalue weighted by molar-refractivity contribution is 5.81. The van der Waals surface area contributed by atoms with Gasteiger partial charge in [0.2, 0.25) is 11.8 Å². The number of nitrogens with zero attached hydrogens (tertiary/aromatic N) is 2. The third-order valence-corrected chi connectivity index (χ3v) is 6.34. The van der Waals surface area contributed by atoms with Crippen molar-refractivity contribution in [1.82, 2.24) is 20.4 Å². The highest BCUT2D eigenvalue weighted by Gasteiger charge is 2.31. The highest BCUT2D eigenvalue weighted by atomic mass is 16.2. The van der Waals surface area contributed by atoms with Gasteiger partial charge in [0.1, 0.15) is 0 Å². The van der Waals surface area contributed by atoms with Gasteiger partial charge in [-0.05, 0) is 31.2 Å². The summed E-state index contributed by atoms with van der Waals surface area (Å²) in [5, 5.41) is 6.19. The van der Waals surface area contributed by atoms with Crippen molar-refractivity contribution < 1.29 is 14.4 Å². The summed E-state index contributed by atoms with van der Waals surface area (Å²) < 4.78 is 0. The Kier molecular flexibility index (Phi) is 8.15.